The van der Waals surface area contributed by atoms with Crippen LogP contribution in [-0.4, -0.2) is 11.4 Å². The molecule has 0 unspecified atom stereocenters. The van der Waals surface area contributed by atoms with Crippen LogP contribution in [0.5, 0.6) is 5.75 Å². The second-order valence-corrected chi connectivity index (χ2v) is 5.46. The first-order valence-corrected chi connectivity index (χ1v) is 6.28. The second kappa shape index (κ2) is 4.17. The molecule has 0 fully saturated rings. The van der Waals surface area contributed by atoms with Crippen molar-refractivity contribution in [1.82, 2.24) is 0 Å². The van der Waals surface area contributed by atoms with E-state index in [1.165, 1.54) is 0 Å². The molecule has 92 valence electrons. The van der Waals surface area contributed by atoms with Gasteiger partial charge < -0.3 is 4.74 Å². The number of ether oxygens (including phenoxy) is 1. The van der Waals surface area contributed by atoms with Crippen molar-refractivity contribution < 1.29 is 9.53 Å². The molecule has 0 amide bonds. The topological polar surface area (TPSA) is 26.3 Å². The van der Waals surface area contributed by atoms with E-state index in [2.05, 4.69) is 27.7 Å². The van der Waals surface area contributed by atoms with Gasteiger partial charge in [-0.25, -0.2) is 0 Å². The van der Waals surface area contributed by atoms with E-state index in [9.17, 15) is 4.79 Å². The lowest BCUT2D eigenvalue weighted by molar-refractivity contribution is -0.0304. The van der Waals surface area contributed by atoms with Crippen LogP contribution in [-0.2, 0) is 0 Å². The van der Waals surface area contributed by atoms with E-state index in [1.54, 1.807) is 0 Å². The zero-order chi connectivity index (χ0) is 12.6. The first-order chi connectivity index (χ1) is 7.97. The van der Waals surface area contributed by atoms with E-state index in [-0.39, 0.29) is 11.4 Å². The van der Waals surface area contributed by atoms with E-state index < -0.39 is 0 Å². The summed E-state index contributed by atoms with van der Waals surface area (Å²) in [6.07, 6.45) is 0.485. The molecule has 2 heteroatoms. The summed E-state index contributed by atoms with van der Waals surface area (Å²) in [6, 6.07) is 7.55. The van der Waals surface area contributed by atoms with Gasteiger partial charge in [-0.3, -0.25) is 4.79 Å². The summed E-state index contributed by atoms with van der Waals surface area (Å²) < 4.78 is 6.19. The van der Waals surface area contributed by atoms with Crippen LogP contribution in [0.3, 0.4) is 0 Å². The highest BCUT2D eigenvalue weighted by atomic mass is 16.5. The van der Waals surface area contributed by atoms with Crippen LogP contribution in [0.15, 0.2) is 24.3 Å². The molecule has 0 saturated heterocycles. The third-order valence-electron chi connectivity index (χ3n) is 3.88. The Hall–Kier alpha value is -1.31. The average molecular weight is 232 g/mol. The highest BCUT2D eigenvalue weighted by Gasteiger charge is 2.45. The summed E-state index contributed by atoms with van der Waals surface area (Å²) >= 11 is 0. The van der Waals surface area contributed by atoms with Crippen LogP contribution in [0.1, 0.15) is 44.5 Å². The van der Waals surface area contributed by atoms with Gasteiger partial charge in [-0.1, -0.05) is 39.8 Å². The maximum absolute atomic E-state index is 12.2. The van der Waals surface area contributed by atoms with Gasteiger partial charge in [0.2, 0.25) is 0 Å². The Morgan fingerprint density at radius 2 is 1.71 bits per heavy atom. The minimum Gasteiger partial charge on any atom is -0.486 e. The summed E-state index contributed by atoms with van der Waals surface area (Å²) in [5, 5.41) is 0. The molecule has 1 aromatic carbocycles. The van der Waals surface area contributed by atoms with Crippen LogP contribution in [0.2, 0.25) is 0 Å². The van der Waals surface area contributed by atoms with E-state index in [1.807, 2.05) is 24.3 Å². The minimum absolute atomic E-state index is 0.203. The Labute approximate surface area is 103 Å². The van der Waals surface area contributed by atoms with E-state index in [4.69, 9.17) is 4.74 Å². The summed E-state index contributed by atoms with van der Waals surface area (Å²) in [5.74, 6) is 1.58. The molecule has 2 nitrogen and oxygen atoms in total. The van der Waals surface area contributed by atoms with Crippen molar-refractivity contribution in [3.63, 3.8) is 0 Å². The van der Waals surface area contributed by atoms with Crippen molar-refractivity contribution in [2.24, 2.45) is 11.8 Å². The highest BCUT2D eigenvalue weighted by Crippen LogP contribution is 2.41. The van der Waals surface area contributed by atoms with Gasteiger partial charge in [-0.05, 0) is 24.0 Å². The lowest BCUT2D eigenvalue weighted by atomic mass is 9.74. The maximum atomic E-state index is 12.2. The van der Waals surface area contributed by atoms with Crippen molar-refractivity contribution in [1.29, 1.82) is 0 Å². The molecule has 0 spiro atoms. The normalized spacial score (nSPS) is 18.1. The first kappa shape index (κ1) is 12.2. The monoisotopic (exact) mass is 232 g/mol. The van der Waals surface area contributed by atoms with Gasteiger partial charge >= 0.3 is 0 Å². The number of hydrogen-bond donors (Lipinski definition) is 0. The zero-order valence-electron chi connectivity index (χ0n) is 11.0. The molecule has 1 aromatic rings. The van der Waals surface area contributed by atoms with Gasteiger partial charge in [0, 0.05) is 0 Å². The largest absolute Gasteiger partial charge is 0.486 e. The zero-order valence-corrected chi connectivity index (χ0v) is 11.0. The standard InChI is InChI=1S/C15H20O2/c1-10(2)15(11(3)4)9-13(16)12-7-5-6-8-14(12)17-15/h5-8,10-11H,9H2,1-4H3. The fraction of sp³-hybridized carbons (Fsp3) is 0.533. The molecular weight excluding hydrogens is 212 g/mol. The van der Waals surface area contributed by atoms with Crippen molar-refractivity contribution >= 4 is 5.78 Å². The molecule has 0 atom stereocenters. The van der Waals surface area contributed by atoms with Gasteiger partial charge in [0.25, 0.3) is 0 Å². The highest BCUT2D eigenvalue weighted by molar-refractivity contribution is 6.00. The summed E-state index contributed by atoms with van der Waals surface area (Å²) in [7, 11) is 0. The number of Topliss-reactive ketones (excluding diaryl/α,β-unsaturated/α-hetero) is 1. The number of rotatable bonds is 2. The van der Waals surface area contributed by atoms with Gasteiger partial charge in [-0.2, -0.15) is 0 Å². The number of carbonyl (C=O) groups excluding carboxylic acids is 1. The molecule has 0 N–H and O–H groups in total. The average Bonchev–Trinajstić information content (AvgIpc) is 2.28. The fourth-order valence-electron chi connectivity index (χ4n) is 2.68. The van der Waals surface area contributed by atoms with Gasteiger partial charge in [0.05, 0.1) is 12.0 Å². The van der Waals surface area contributed by atoms with E-state index in [0.29, 0.717) is 18.3 Å². The van der Waals surface area contributed by atoms with Crippen LogP contribution < -0.4 is 4.74 Å². The second-order valence-electron chi connectivity index (χ2n) is 5.46. The fourth-order valence-corrected chi connectivity index (χ4v) is 2.68. The third kappa shape index (κ3) is 1.86. The third-order valence-corrected chi connectivity index (χ3v) is 3.88. The van der Waals surface area contributed by atoms with Crippen molar-refractivity contribution in [3.8, 4) is 5.75 Å². The Balaban J connectivity index is 2.48. The molecule has 0 aliphatic carbocycles. The Morgan fingerprint density at radius 1 is 1.12 bits per heavy atom. The molecule has 2 rings (SSSR count). The maximum Gasteiger partial charge on any atom is 0.170 e. The lowest BCUT2D eigenvalue weighted by Gasteiger charge is -2.44. The molecule has 0 radical (unpaired) electrons. The Bertz CT molecular complexity index is 424. The van der Waals surface area contributed by atoms with E-state index in [0.717, 1.165) is 11.3 Å². The van der Waals surface area contributed by atoms with Crippen molar-refractivity contribution in [2.75, 3.05) is 0 Å². The number of ketones is 1. The van der Waals surface area contributed by atoms with Gasteiger partial charge in [-0.15, -0.1) is 0 Å². The predicted molar refractivity (Wildman–Crippen MR) is 68.4 cm³/mol. The molecule has 0 saturated carbocycles. The van der Waals surface area contributed by atoms with Crippen LogP contribution >= 0.6 is 0 Å². The lowest BCUT2D eigenvalue weighted by Crippen LogP contribution is -2.50. The van der Waals surface area contributed by atoms with Gasteiger partial charge in [0.15, 0.2) is 5.78 Å². The Kier molecular flexibility index (Phi) is 2.98. The van der Waals surface area contributed by atoms with Gasteiger partial charge in [0.1, 0.15) is 11.4 Å². The predicted octanol–water partition coefficient (Wildman–Crippen LogP) is 3.70. The first-order valence-electron chi connectivity index (χ1n) is 6.28. The minimum atomic E-state index is -0.356. The summed E-state index contributed by atoms with van der Waals surface area (Å²) in [4.78, 5) is 12.2. The number of para-hydroxylation sites is 1. The van der Waals surface area contributed by atoms with Crippen LogP contribution in [0, 0.1) is 11.8 Å². The molecule has 17 heavy (non-hydrogen) atoms. The smallest absolute Gasteiger partial charge is 0.170 e. The van der Waals surface area contributed by atoms with Crippen molar-refractivity contribution in [3.05, 3.63) is 29.8 Å². The summed E-state index contributed by atoms with van der Waals surface area (Å²) in [5.41, 5.74) is 0.371. The molecule has 1 aliphatic heterocycles. The molecule has 0 aromatic heterocycles. The summed E-state index contributed by atoms with van der Waals surface area (Å²) in [6.45, 7) is 8.50. The quantitative estimate of drug-likeness (QED) is 0.777. The SMILES string of the molecule is CC(C)C1(C(C)C)CC(=O)c2ccccc2O1. The molecule has 1 aliphatic rings. The molecule has 0 bridgehead atoms. The van der Waals surface area contributed by atoms with Crippen LogP contribution in [0.25, 0.3) is 0 Å². The number of benzene rings is 1. The Morgan fingerprint density at radius 3 is 2.29 bits per heavy atom. The number of carbonyl (C=O) groups is 1. The van der Waals surface area contributed by atoms with E-state index >= 15 is 0 Å². The van der Waals surface area contributed by atoms with Crippen LogP contribution in [0.4, 0.5) is 0 Å². The molecule has 1 heterocycles. The number of fused-ring (bicyclic) bond motifs is 1. The molecular formula is C15H20O2. The van der Waals surface area contributed by atoms with Crippen molar-refractivity contribution in [2.45, 2.75) is 39.7 Å². The number of hydrogen-bond acceptors (Lipinski definition) is 2.